The van der Waals surface area contributed by atoms with E-state index >= 15 is 0 Å². The van der Waals surface area contributed by atoms with Crippen molar-refractivity contribution in [1.82, 2.24) is 10.2 Å². The number of methoxy groups -OCH3 is 1. The van der Waals surface area contributed by atoms with E-state index in [1.807, 2.05) is 7.11 Å². The zero-order valence-electron chi connectivity index (χ0n) is 14.5. The summed E-state index contributed by atoms with van der Waals surface area (Å²) in [7, 11) is 1.81. The smallest absolute Gasteiger partial charge is 0.0474 e. The first-order valence-corrected chi connectivity index (χ1v) is 9.23. The Morgan fingerprint density at radius 3 is 2.48 bits per heavy atom. The highest BCUT2D eigenvalue weighted by Gasteiger charge is 2.40. The minimum atomic E-state index is 0.374. The van der Waals surface area contributed by atoms with E-state index in [4.69, 9.17) is 4.74 Å². The molecule has 2 aliphatic rings. The van der Waals surface area contributed by atoms with Gasteiger partial charge in [0.2, 0.25) is 0 Å². The van der Waals surface area contributed by atoms with E-state index in [1.165, 1.54) is 64.6 Å². The van der Waals surface area contributed by atoms with Crippen molar-refractivity contribution in [1.29, 1.82) is 0 Å². The molecule has 1 aliphatic carbocycles. The first-order chi connectivity index (χ1) is 10.3. The second-order valence-corrected chi connectivity index (χ2v) is 7.11. The molecular formula is C18H36N2O. The van der Waals surface area contributed by atoms with Gasteiger partial charge in [0, 0.05) is 44.9 Å². The van der Waals surface area contributed by atoms with Crippen LogP contribution in [0.3, 0.4) is 0 Å². The molecule has 2 fully saturated rings. The van der Waals surface area contributed by atoms with Crippen molar-refractivity contribution in [3.63, 3.8) is 0 Å². The van der Waals surface area contributed by atoms with Crippen molar-refractivity contribution in [2.45, 2.75) is 76.8 Å². The largest absolute Gasteiger partial charge is 0.385 e. The van der Waals surface area contributed by atoms with Gasteiger partial charge in [0.1, 0.15) is 0 Å². The van der Waals surface area contributed by atoms with Crippen LogP contribution in [0, 0.1) is 5.92 Å². The van der Waals surface area contributed by atoms with E-state index in [0.29, 0.717) is 5.54 Å². The average Bonchev–Trinajstić information content (AvgIpc) is 2.56. The van der Waals surface area contributed by atoms with Crippen molar-refractivity contribution >= 4 is 0 Å². The van der Waals surface area contributed by atoms with Gasteiger partial charge in [0.15, 0.2) is 0 Å². The zero-order chi connectivity index (χ0) is 15.1. The monoisotopic (exact) mass is 296 g/mol. The molecule has 1 atom stereocenters. The quantitative estimate of drug-likeness (QED) is 0.728. The maximum atomic E-state index is 5.27. The van der Waals surface area contributed by atoms with Crippen molar-refractivity contribution in [2.24, 2.45) is 5.92 Å². The zero-order valence-corrected chi connectivity index (χ0v) is 14.5. The van der Waals surface area contributed by atoms with Crippen LogP contribution in [-0.2, 0) is 4.74 Å². The first-order valence-electron chi connectivity index (χ1n) is 9.23. The molecule has 0 aromatic heterocycles. The molecule has 1 aliphatic heterocycles. The molecule has 0 radical (unpaired) electrons. The number of rotatable bonds is 7. The van der Waals surface area contributed by atoms with Gasteiger partial charge in [-0.25, -0.2) is 0 Å². The van der Waals surface area contributed by atoms with Crippen LogP contribution >= 0.6 is 0 Å². The molecule has 0 amide bonds. The minimum Gasteiger partial charge on any atom is -0.385 e. The van der Waals surface area contributed by atoms with Gasteiger partial charge in [-0.3, -0.25) is 4.90 Å². The maximum absolute atomic E-state index is 5.27. The Kier molecular flexibility index (Phi) is 6.97. The Morgan fingerprint density at radius 1 is 1.14 bits per heavy atom. The molecule has 1 saturated heterocycles. The molecule has 0 bridgehead atoms. The third kappa shape index (κ3) is 4.20. The first kappa shape index (κ1) is 17.2. The molecule has 3 heteroatoms. The summed E-state index contributed by atoms with van der Waals surface area (Å²) in [6.45, 7) is 9.22. The van der Waals surface area contributed by atoms with Crippen molar-refractivity contribution in [2.75, 3.05) is 33.4 Å². The second-order valence-electron chi connectivity index (χ2n) is 7.11. The van der Waals surface area contributed by atoms with E-state index in [2.05, 4.69) is 24.1 Å². The molecule has 124 valence electrons. The lowest BCUT2D eigenvalue weighted by Gasteiger charge is -2.51. The molecule has 2 rings (SSSR count). The van der Waals surface area contributed by atoms with Gasteiger partial charge in [-0.2, -0.15) is 0 Å². The van der Waals surface area contributed by atoms with Crippen LogP contribution in [0.5, 0.6) is 0 Å². The van der Waals surface area contributed by atoms with Gasteiger partial charge < -0.3 is 10.1 Å². The Morgan fingerprint density at radius 2 is 1.86 bits per heavy atom. The summed E-state index contributed by atoms with van der Waals surface area (Å²) in [5.74, 6) is 0.912. The van der Waals surface area contributed by atoms with Gasteiger partial charge in [-0.1, -0.05) is 33.1 Å². The third-order valence-corrected chi connectivity index (χ3v) is 6.09. The van der Waals surface area contributed by atoms with E-state index in [1.54, 1.807) is 0 Å². The van der Waals surface area contributed by atoms with Crippen LogP contribution in [0.25, 0.3) is 0 Å². The lowest BCUT2D eigenvalue weighted by Crippen LogP contribution is -2.65. The molecule has 3 nitrogen and oxygen atoms in total. The van der Waals surface area contributed by atoms with Gasteiger partial charge in [-0.15, -0.1) is 0 Å². The van der Waals surface area contributed by atoms with Crippen molar-refractivity contribution < 1.29 is 4.74 Å². The third-order valence-electron chi connectivity index (χ3n) is 6.09. The second kappa shape index (κ2) is 8.50. The summed E-state index contributed by atoms with van der Waals surface area (Å²) < 4.78 is 5.27. The van der Waals surface area contributed by atoms with Crippen LogP contribution in [0.2, 0.25) is 0 Å². The van der Waals surface area contributed by atoms with Gasteiger partial charge in [0.05, 0.1) is 0 Å². The Hall–Kier alpha value is -0.120. The molecule has 0 spiro atoms. The summed E-state index contributed by atoms with van der Waals surface area (Å²) in [6, 6.07) is 0.721. The topological polar surface area (TPSA) is 24.5 Å². The standard InChI is InChI=1S/C18H36N2O/c1-4-18(5-2)15-19-17(16-10-7-6-8-11-16)14-20(18)12-9-13-21-3/h16-17,19H,4-15H2,1-3H3. The van der Waals surface area contributed by atoms with E-state index in [9.17, 15) is 0 Å². The highest BCUT2D eigenvalue weighted by atomic mass is 16.5. The fourth-order valence-corrected chi connectivity index (χ4v) is 4.46. The molecule has 1 N–H and O–H groups in total. The molecule has 0 aromatic rings. The molecule has 0 aromatic carbocycles. The molecular weight excluding hydrogens is 260 g/mol. The fraction of sp³-hybridized carbons (Fsp3) is 1.00. The minimum absolute atomic E-state index is 0.374. The summed E-state index contributed by atoms with van der Waals surface area (Å²) in [6.07, 6.45) is 10.9. The average molecular weight is 296 g/mol. The van der Waals surface area contributed by atoms with Gasteiger partial charge in [0.25, 0.3) is 0 Å². The van der Waals surface area contributed by atoms with Crippen LogP contribution in [0.4, 0.5) is 0 Å². The highest BCUT2D eigenvalue weighted by Crippen LogP contribution is 2.33. The number of hydrogen-bond acceptors (Lipinski definition) is 3. The molecule has 1 unspecified atom stereocenters. The summed E-state index contributed by atoms with van der Waals surface area (Å²) in [4.78, 5) is 2.79. The lowest BCUT2D eigenvalue weighted by molar-refractivity contribution is 0.00928. The Balaban J connectivity index is 1.97. The summed E-state index contributed by atoms with van der Waals surface area (Å²) in [5, 5.41) is 3.93. The molecule has 1 heterocycles. The van der Waals surface area contributed by atoms with Gasteiger partial charge >= 0.3 is 0 Å². The maximum Gasteiger partial charge on any atom is 0.0474 e. The number of nitrogens with one attached hydrogen (secondary N) is 1. The molecule has 21 heavy (non-hydrogen) atoms. The van der Waals surface area contributed by atoms with Crippen molar-refractivity contribution in [3.05, 3.63) is 0 Å². The lowest BCUT2D eigenvalue weighted by atomic mass is 9.79. The van der Waals surface area contributed by atoms with Gasteiger partial charge in [-0.05, 0) is 38.0 Å². The van der Waals surface area contributed by atoms with E-state index in [-0.39, 0.29) is 0 Å². The molecule has 1 saturated carbocycles. The van der Waals surface area contributed by atoms with Crippen LogP contribution < -0.4 is 5.32 Å². The van der Waals surface area contributed by atoms with Crippen molar-refractivity contribution in [3.8, 4) is 0 Å². The number of hydrogen-bond donors (Lipinski definition) is 1. The van der Waals surface area contributed by atoms with E-state index < -0.39 is 0 Å². The Labute approximate surface area is 131 Å². The fourth-order valence-electron chi connectivity index (χ4n) is 4.46. The normalized spacial score (nSPS) is 27.9. The summed E-state index contributed by atoms with van der Waals surface area (Å²) in [5.41, 5.74) is 0.374. The Bertz CT molecular complexity index is 285. The van der Waals surface area contributed by atoms with Crippen LogP contribution in [0.15, 0.2) is 0 Å². The number of ether oxygens (including phenoxy) is 1. The van der Waals surface area contributed by atoms with Crippen LogP contribution in [-0.4, -0.2) is 49.8 Å². The number of nitrogens with zero attached hydrogens (tertiary/aromatic N) is 1. The summed E-state index contributed by atoms with van der Waals surface area (Å²) >= 11 is 0. The number of piperazine rings is 1. The SMILES string of the molecule is CCC1(CC)CNC(C2CCCCC2)CN1CCCOC. The highest BCUT2D eigenvalue weighted by molar-refractivity contribution is 4.99. The van der Waals surface area contributed by atoms with Crippen LogP contribution in [0.1, 0.15) is 65.2 Å². The van der Waals surface area contributed by atoms with E-state index in [0.717, 1.165) is 25.0 Å². The predicted octanol–water partition coefficient (Wildman–Crippen LogP) is 3.44. The predicted molar refractivity (Wildman–Crippen MR) is 89.7 cm³/mol.